The third-order valence-electron chi connectivity index (χ3n) is 2.18. The van der Waals surface area contributed by atoms with E-state index in [1.54, 1.807) is 0 Å². The Kier molecular flexibility index (Phi) is 5.86. The molecule has 0 saturated carbocycles. The first kappa shape index (κ1) is 12.6. The summed E-state index contributed by atoms with van der Waals surface area (Å²) in [6.45, 7) is 0.687. The van der Waals surface area contributed by atoms with Crippen molar-refractivity contribution in [2.45, 2.75) is 12.5 Å². The van der Waals surface area contributed by atoms with Crippen LogP contribution in [-0.4, -0.2) is 36.0 Å². The Bertz CT molecular complexity index is 290. The summed E-state index contributed by atoms with van der Waals surface area (Å²) in [5, 5.41) is 20.7. The van der Waals surface area contributed by atoms with Gasteiger partial charge in [-0.2, -0.15) is 0 Å². The van der Waals surface area contributed by atoms with Crippen LogP contribution >= 0.6 is 15.9 Å². The van der Waals surface area contributed by atoms with E-state index in [0.29, 0.717) is 0 Å². The zero-order valence-corrected chi connectivity index (χ0v) is 10.1. The second kappa shape index (κ2) is 6.95. The summed E-state index contributed by atoms with van der Waals surface area (Å²) >= 11 is 3.41. The van der Waals surface area contributed by atoms with Gasteiger partial charge in [0.2, 0.25) is 0 Å². The lowest BCUT2D eigenvalue weighted by molar-refractivity contribution is 0.171. The molecule has 0 spiro atoms. The molecule has 0 aromatic heterocycles. The molecule has 0 fully saturated rings. The highest BCUT2D eigenvalue weighted by molar-refractivity contribution is 9.10. The highest BCUT2D eigenvalue weighted by atomic mass is 79.9. The van der Waals surface area contributed by atoms with Crippen molar-refractivity contribution in [1.82, 2.24) is 5.32 Å². The molecule has 3 N–H and O–H groups in total. The maximum Gasteiger partial charge on any atom is 0.0607 e. The number of benzene rings is 1. The first-order valence-corrected chi connectivity index (χ1v) is 5.75. The zero-order valence-electron chi connectivity index (χ0n) is 8.49. The van der Waals surface area contributed by atoms with Crippen LogP contribution in [0.2, 0.25) is 0 Å². The second-order valence-electron chi connectivity index (χ2n) is 3.40. The molecule has 3 nitrogen and oxygen atoms in total. The first-order valence-electron chi connectivity index (χ1n) is 4.96. The molecule has 1 rings (SSSR count). The van der Waals surface area contributed by atoms with Crippen molar-refractivity contribution >= 4 is 15.9 Å². The molecule has 4 heteroatoms. The maximum absolute atomic E-state index is 8.84. The molecule has 0 aliphatic rings. The van der Waals surface area contributed by atoms with Gasteiger partial charge in [0.25, 0.3) is 0 Å². The zero-order chi connectivity index (χ0) is 11.1. The van der Waals surface area contributed by atoms with E-state index < -0.39 is 0 Å². The normalized spacial score (nSPS) is 10.9. The Labute approximate surface area is 98.3 Å². The molecule has 0 atom stereocenters. The summed E-state index contributed by atoms with van der Waals surface area (Å²) in [7, 11) is 0. The maximum atomic E-state index is 8.84. The quantitative estimate of drug-likeness (QED) is 0.723. The van der Waals surface area contributed by atoms with Crippen LogP contribution in [0.25, 0.3) is 0 Å². The van der Waals surface area contributed by atoms with E-state index in [1.807, 2.05) is 12.1 Å². The molecule has 0 saturated heterocycles. The Hall–Kier alpha value is -0.420. The molecule has 0 unspecified atom stereocenters. The van der Waals surface area contributed by atoms with Crippen molar-refractivity contribution in [3.05, 3.63) is 34.3 Å². The van der Waals surface area contributed by atoms with Gasteiger partial charge in [-0.3, -0.25) is 0 Å². The molecule has 0 radical (unpaired) electrons. The van der Waals surface area contributed by atoms with E-state index >= 15 is 0 Å². The van der Waals surface area contributed by atoms with E-state index in [1.165, 1.54) is 5.56 Å². The van der Waals surface area contributed by atoms with Crippen molar-refractivity contribution in [3.8, 4) is 0 Å². The minimum Gasteiger partial charge on any atom is -0.395 e. The van der Waals surface area contributed by atoms with Crippen LogP contribution in [0.4, 0.5) is 0 Å². The Balaban J connectivity index is 2.31. The summed E-state index contributed by atoms with van der Waals surface area (Å²) < 4.78 is 1.07. The fourth-order valence-electron chi connectivity index (χ4n) is 1.30. The Morgan fingerprint density at radius 1 is 1.27 bits per heavy atom. The summed E-state index contributed by atoms with van der Waals surface area (Å²) in [5.41, 5.74) is 1.23. The average Bonchev–Trinajstić information content (AvgIpc) is 2.25. The third-order valence-corrected chi connectivity index (χ3v) is 2.67. The summed E-state index contributed by atoms with van der Waals surface area (Å²) in [6.07, 6.45) is 0.885. The van der Waals surface area contributed by atoms with Crippen LogP contribution in [-0.2, 0) is 6.42 Å². The Morgan fingerprint density at radius 2 is 2.00 bits per heavy atom. The van der Waals surface area contributed by atoms with Gasteiger partial charge in [0.15, 0.2) is 0 Å². The number of halogens is 1. The molecule has 0 amide bonds. The lowest BCUT2D eigenvalue weighted by Gasteiger charge is -2.12. The summed E-state index contributed by atoms with van der Waals surface area (Å²) in [5.74, 6) is 0. The largest absolute Gasteiger partial charge is 0.395 e. The first-order chi connectivity index (χ1) is 7.26. The van der Waals surface area contributed by atoms with E-state index in [9.17, 15) is 0 Å². The summed E-state index contributed by atoms with van der Waals surface area (Å²) in [4.78, 5) is 0. The number of aliphatic hydroxyl groups is 2. The van der Waals surface area contributed by atoms with Gasteiger partial charge in [0.05, 0.1) is 19.3 Å². The predicted octanol–water partition coefficient (Wildman–Crippen LogP) is 0.934. The number of aliphatic hydroxyl groups excluding tert-OH is 2. The molecule has 15 heavy (non-hydrogen) atoms. The highest BCUT2D eigenvalue weighted by Gasteiger charge is 2.03. The molecular weight excluding hydrogens is 258 g/mol. The van der Waals surface area contributed by atoms with Crippen molar-refractivity contribution in [2.75, 3.05) is 19.8 Å². The van der Waals surface area contributed by atoms with Crippen LogP contribution in [0.5, 0.6) is 0 Å². The average molecular weight is 274 g/mol. The van der Waals surface area contributed by atoms with Crippen LogP contribution in [0, 0.1) is 0 Å². The van der Waals surface area contributed by atoms with Crippen LogP contribution in [0.1, 0.15) is 5.56 Å². The number of hydrogen-bond acceptors (Lipinski definition) is 3. The smallest absolute Gasteiger partial charge is 0.0607 e. The minimum atomic E-state index is -0.211. The lowest BCUT2D eigenvalue weighted by Crippen LogP contribution is -2.36. The number of hydrogen-bond donors (Lipinski definition) is 3. The molecule has 1 aromatic carbocycles. The molecule has 84 valence electrons. The summed E-state index contributed by atoms with van der Waals surface area (Å²) in [6, 6.07) is 7.89. The number of nitrogens with one attached hydrogen (secondary N) is 1. The predicted molar refractivity (Wildman–Crippen MR) is 63.8 cm³/mol. The lowest BCUT2D eigenvalue weighted by atomic mass is 10.1. The fourth-order valence-corrected chi connectivity index (χ4v) is 1.75. The molecule has 0 bridgehead atoms. The van der Waals surface area contributed by atoms with Gasteiger partial charge < -0.3 is 15.5 Å². The van der Waals surface area contributed by atoms with Gasteiger partial charge in [0, 0.05) is 4.47 Å². The SMILES string of the molecule is OCC(CO)NCCc1cccc(Br)c1. The molecular formula is C11H16BrNO2. The van der Waals surface area contributed by atoms with E-state index in [4.69, 9.17) is 10.2 Å². The van der Waals surface area contributed by atoms with E-state index in [2.05, 4.69) is 33.4 Å². The van der Waals surface area contributed by atoms with Gasteiger partial charge in [-0.1, -0.05) is 28.1 Å². The van der Waals surface area contributed by atoms with Crippen LogP contribution < -0.4 is 5.32 Å². The van der Waals surface area contributed by atoms with Crippen molar-refractivity contribution in [3.63, 3.8) is 0 Å². The van der Waals surface area contributed by atoms with Gasteiger partial charge >= 0.3 is 0 Å². The second-order valence-corrected chi connectivity index (χ2v) is 4.31. The molecule has 0 aliphatic heterocycles. The highest BCUT2D eigenvalue weighted by Crippen LogP contribution is 2.11. The molecule has 1 aromatic rings. The van der Waals surface area contributed by atoms with Crippen molar-refractivity contribution in [2.24, 2.45) is 0 Å². The molecule has 0 aliphatic carbocycles. The standard InChI is InChI=1S/C11H16BrNO2/c12-10-3-1-2-9(6-10)4-5-13-11(7-14)8-15/h1-3,6,11,13-15H,4-5,7-8H2. The van der Waals surface area contributed by atoms with Gasteiger partial charge in [-0.05, 0) is 30.7 Å². The molecule has 0 heterocycles. The van der Waals surface area contributed by atoms with Gasteiger partial charge in [-0.15, -0.1) is 0 Å². The van der Waals surface area contributed by atoms with Crippen molar-refractivity contribution < 1.29 is 10.2 Å². The Morgan fingerprint density at radius 3 is 2.60 bits per heavy atom. The van der Waals surface area contributed by atoms with Gasteiger partial charge in [-0.25, -0.2) is 0 Å². The minimum absolute atomic E-state index is 0.0328. The third kappa shape index (κ3) is 4.75. The van der Waals surface area contributed by atoms with Gasteiger partial charge in [0.1, 0.15) is 0 Å². The van der Waals surface area contributed by atoms with Crippen LogP contribution in [0.3, 0.4) is 0 Å². The van der Waals surface area contributed by atoms with Crippen LogP contribution in [0.15, 0.2) is 28.7 Å². The van der Waals surface area contributed by atoms with E-state index in [-0.39, 0.29) is 19.3 Å². The fraction of sp³-hybridized carbons (Fsp3) is 0.455. The monoisotopic (exact) mass is 273 g/mol. The van der Waals surface area contributed by atoms with E-state index in [0.717, 1.165) is 17.4 Å². The van der Waals surface area contributed by atoms with Crippen molar-refractivity contribution in [1.29, 1.82) is 0 Å². The topological polar surface area (TPSA) is 52.5 Å². The number of rotatable bonds is 6.